The van der Waals surface area contributed by atoms with E-state index in [0.29, 0.717) is 0 Å². The van der Waals surface area contributed by atoms with E-state index >= 15 is 0 Å². The Morgan fingerprint density at radius 2 is 2.12 bits per heavy atom. The third-order valence-electron chi connectivity index (χ3n) is 1.03. The van der Waals surface area contributed by atoms with E-state index in [2.05, 4.69) is 0 Å². The van der Waals surface area contributed by atoms with Crippen molar-refractivity contribution in [1.29, 1.82) is 0 Å². The largest absolute Gasteiger partial charge is 0.346 e. The Hall–Kier alpha value is 0.480. The molecule has 0 fully saturated rings. The molecule has 2 unspecified atom stereocenters. The van der Waals surface area contributed by atoms with E-state index in [4.69, 9.17) is 4.89 Å². The molecule has 0 heterocycles. The molecule has 0 bridgehead atoms. The fourth-order valence-electron chi connectivity index (χ4n) is 0.175. The van der Waals surface area contributed by atoms with Crippen LogP contribution in [0.3, 0.4) is 0 Å². The molecule has 0 spiro atoms. The molecule has 4 heteroatoms. The minimum Gasteiger partial charge on any atom is -0.346 e. The van der Waals surface area contributed by atoms with Crippen LogP contribution in [0.25, 0.3) is 0 Å². The highest BCUT2D eigenvalue weighted by Crippen LogP contribution is 2.23. The van der Waals surface area contributed by atoms with Crippen LogP contribution in [0.5, 0.6) is 0 Å². The normalized spacial score (nSPS) is 16.4. The van der Waals surface area contributed by atoms with Gasteiger partial charge in [-0.05, 0) is 6.42 Å². The zero-order chi connectivity index (χ0) is 5.86. The lowest BCUT2D eigenvalue weighted by molar-refractivity contribution is 0.490. The Morgan fingerprint density at radius 3 is 2.12 bits per heavy atom. The summed E-state index contributed by atoms with van der Waals surface area (Å²) in [4.78, 5) is 8.37. The smallest absolute Gasteiger partial charge is 0.191 e. The Kier molecular flexibility index (Phi) is 7.93. The minimum absolute atomic E-state index is 0. The highest BCUT2D eigenvalue weighted by atomic mass is 35.5. The highest BCUT2D eigenvalue weighted by molar-refractivity contribution is 7.38. The Labute approximate surface area is 56.6 Å². The number of hydrogen-bond acceptors (Lipinski definition) is 1. The lowest BCUT2D eigenvalue weighted by Crippen LogP contribution is -1.89. The summed E-state index contributed by atoms with van der Waals surface area (Å²) in [5.41, 5.74) is 0.00463. The van der Waals surface area contributed by atoms with Gasteiger partial charge in [-0.25, -0.2) is 0 Å². The lowest BCUT2D eigenvalue weighted by Gasteiger charge is -1.98. The molecule has 0 radical (unpaired) electrons. The quantitative estimate of drug-likeness (QED) is 0.621. The van der Waals surface area contributed by atoms with Crippen LogP contribution in [0.1, 0.15) is 20.3 Å². The molecule has 0 aromatic heterocycles. The first-order valence-corrected chi connectivity index (χ1v) is 3.84. The van der Waals surface area contributed by atoms with Crippen molar-refractivity contribution >= 4 is 20.4 Å². The second-order valence-electron chi connectivity index (χ2n) is 1.65. The van der Waals surface area contributed by atoms with Crippen LogP contribution in [0.2, 0.25) is 0 Å². The predicted molar refractivity (Wildman–Crippen MR) is 38.2 cm³/mol. The second kappa shape index (κ2) is 5.61. The standard InChI is InChI=1S/C4H11O2P.ClH/c1-3-4(2)7(5)6;/h4,7H,3H2,1-2H3,(H,5,6);1H. The third-order valence-corrected chi connectivity index (χ3v) is 2.29. The summed E-state index contributed by atoms with van der Waals surface area (Å²) in [5.74, 6) is 0. The molecule has 2 atom stereocenters. The van der Waals surface area contributed by atoms with E-state index < -0.39 is 8.03 Å². The van der Waals surface area contributed by atoms with E-state index in [1.54, 1.807) is 6.92 Å². The molecule has 52 valence electrons. The topological polar surface area (TPSA) is 37.3 Å². The summed E-state index contributed by atoms with van der Waals surface area (Å²) in [6.07, 6.45) is 0.800. The van der Waals surface area contributed by atoms with Gasteiger partial charge in [-0.3, -0.25) is 4.57 Å². The first kappa shape index (κ1) is 11.3. The summed E-state index contributed by atoms with van der Waals surface area (Å²) >= 11 is 0. The first-order valence-electron chi connectivity index (χ1n) is 2.41. The van der Waals surface area contributed by atoms with Crippen molar-refractivity contribution in [3.63, 3.8) is 0 Å². The van der Waals surface area contributed by atoms with E-state index in [-0.39, 0.29) is 18.1 Å². The van der Waals surface area contributed by atoms with Gasteiger partial charge in [0.25, 0.3) is 0 Å². The molecular weight excluding hydrogens is 146 g/mol. The molecule has 0 saturated heterocycles. The van der Waals surface area contributed by atoms with Crippen molar-refractivity contribution in [3.8, 4) is 0 Å². The molecule has 0 aromatic carbocycles. The van der Waals surface area contributed by atoms with Crippen molar-refractivity contribution in [2.75, 3.05) is 0 Å². The van der Waals surface area contributed by atoms with Gasteiger partial charge in [-0.2, -0.15) is 0 Å². The van der Waals surface area contributed by atoms with Crippen molar-refractivity contribution < 1.29 is 9.46 Å². The second-order valence-corrected chi connectivity index (χ2v) is 3.31. The Bertz CT molecular complexity index is 76.4. The molecule has 1 N–H and O–H groups in total. The maximum absolute atomic E-state index is 10.1. The monoisotopic (exact) mass is 158 g/mol. The van der Waals surface area contributed by atoms with E-state index in [1.807, 2.05) is 6.92 Å². The summed E-state index contributed by atoms with van der Waals surface area (Å²) in [7, 11) is -2.21. The zero-order valence-corrected chi connectivity index (χ0v) is 6.86. The van der Waals surface area contributed by atoms with Gasteiger partial charge < -0.3 is 4.89 Å². The van der Waals surface area contributed by atoms with Crippen molar-refractivity contribution in [2.24, 2.45) is 0 Å². The summed E-state index contributed by atoms with van der Waals surface area (Å²) in [5, 5.41) is 0. The van der Waals surface area contributed by atoms with Crippen LogP contribution in [-0.2, 0) is 4.57 Å². The third kappa shape index (κ3) is 4.63. The van der Waals surface area contributed by atoms with E-state index in [1.165, 1.54) is 0 Å². The van der Waals surface area contributed by atoms with Crippen molar-refractivity contribution in [2.45, 2.75) is 25.9 Å². The van der Waals surface area contributed by atoms with Crippen LogP contribution in [0.15, 0.2) is 0 Å². The summed E-state index contributed by atoms with van der Waals surface area (Å²) in [6, 6.07) is 0. The van der Waals surface area contributed by atoms with Gasteiger partial charge in [0.2, 0.25) is 0 Å². The highest BCUT2D eigenvalue weighted by Gasteiger charge is 2.01. The van der Waals surface area contributed by atoms with Crippen LogP contribution >= 0.6 is 20.4 Å². The van der Waals surface area contributed by atoms with Gasteiger partial charge in [0.05, 0.1) is 0 Å². The summed E-state index contributed by atoms with van der Waals surface area (Å²) in [6.45, 7) is 3.69. The average molecular weight is 159 g/mol. The molecule has 8 heavy (non-hydrogen) atoms. The van der Waals surface area contributed by atoms with E-state index in [0.717, 1.165) is 6.42 Å². The first-order chi connectivity index (χ1) is 3.18. The SMILES string of the molecule is CCC(C)[PH](=O)O.Cl. The maximum Gasteiger partial charge on any atom is 0.191 e. The zero-order valence-electron chi connectivity index (χ0n) is 5.05. The predicted octanol–water partition coefficient (Wildman–Crippen LogP) is 1.67. The lowest BCUT2D eigenvalue weighted by atomic mass is 10.4. The molecule has 0 aliphatic heterocycles. The molecule has 0 aromatic rings. The minimum atomic E-state index is -2.21. The average Bonchev–Trinajstić information content (AvgIpc) is 1.65. The van der Waals surface area contributed by atoms with Crippen LogP contribution in [0.4, 0.5) is 0 Å². The number of hydrogen-bond donors (Lipinski definition) is 1. The van der Waals surface area contributed by atoms with Crippen LogP contribution in [-0.4, -0.2) is 10.6 Å². The number of halogens is 1. The maximum atomic E-state index is 10.1. The number of rotatable bonds is 2. The molecule has 0 saturated carbocycles. The summed E-state index contributed by atoms with van der Waals surface area (Å²) < 4.78 is 10.1. The van der Waals surface area contributed by atoms with Crippen molar-refractivity contribution in [1.82, 2.24) is 0 Å². The Morgan fingerprint density at radius 1 is 1.75 bits per heavy atom. The van der Waals surface area contributed by atoms with Crippen molar-refractivity contribution in [3.05, 3.63) is 0 Å². The molecule has 0 amide bonds. The van der Waals surface area contributed by atoms with Crippen LogP contribution in [0, 0.1) is 0 Å². The van der Waals surface area contributed by atoms with Gasteiger partial charge in [0, 0.05) is 5.66 Å². The fourth-order valence-corrected chi connectivity index (χ4v) is 0.524. The molecule has 0 aliphatic rings. The van der Waals surface area contributed by atoms with Crippen LogP contribution < -0.4 is 0 Å². The molecule has 0 aliphatic carbocycles. The molecule has 2 nitrogen and oxygen atoms in total. The van der Waals surface area contributed by atoms with Gasteiger partial charge in [0.1, 0.15) is 0 Å². The van der Waals surface area contributed by atoms with Gasteiger partial charge in [-0.1, -0.05) is 13.8 Å². The van der Waals surface area contributed by atoms with E-state index in [9.17, 15) is 4.57 Å². The van der Waals surface area contributed by atoms with Gasteiger partial charge in [-0.15, -0.1) is 12.4 Å². The van der Waals surface area contributed by atoms with Gasteiger partial charge >= 0.3 is 0 Å². The van der Waals surface area contributed by atoms with Gasteiger partial charge in [0.15, 0.2) is 8.03 Å². The molecular formula is C4H12ClO2P. The Balaban J connectivity index is 0. The fraction of sp³-hybridized carbons (Fsp3) is 1.00. The molecule has 0 rings (SSSR count).